The molecule has 15 heteroatoms. The molecule has 0 unspecified atom stereocenters. The van der Waals surface area contributed by atoms with Gasteiger partial charge in [0, 0.05) is 48.4 Å². The van der Waals surface area contributed by atoms with Crippen LogP contribution in [0.1, 0.15) is 0 Å². The van der Waals surface area contributed by atoms with Crippen LogP contribution in [0, 0.1) is 0 Å². The quantitative estimate of drug-likeness (QED) is 0.179. The minimum atomic E-state index is 0.00820. The molecule has 3 heterocycles. The lowest BCUT2D eigenvalue weighted by molar-refractivity contribution is 1.20. The largest absolute Gasteiger partial charge is 0.312 e. The third-order valence-corrected chi connectivity index (χ3v) is 12.6. The summed E-state index contributed by atoms with van der Waals surface area (Å²) in [7, 11) is 79.9. The topological polar surface area (TPSA) is 9.86 Å². The molecule has 10 aromatic rings. The van der Waals surface area contributed by atoms with E-state index in [1.54, 1.807) is 15.9 Å². The van der Waals surface area contributed by atoms with Crippen molar-refractivity contribution >= 4 is 235 Å². The van der Waals surface area contributed by atoms with Gasteiger partial charge in [-0.25, -0.2) is 0 Å². The number of hydrogen-bond acceptors (Lipinski definition) is 1. The maximum atomic E-state index is 7.24. The van der Waals surface area contributed by atoms with Crippen molar-refractivity contribution in [2.24, 2.45) is 0 Å². The summed E-state index contributed by atoms with van der Waals surface area (Å²) < 4.78 is 6.31. The average molecular weight is 708 g/mol. The minimum absolute atomic E-state index is 0.00820. The first-order valence-electron chi connectivity index (χ1n) is 17.9. The number of para-hydroxylation sites is 1. The molecule has 10 rings (SSSR count). The molecular formula is C42H14B12N2S. The molecule has 0 atom stereocenters. The molecule has 0 spiro atoms. The third-order valence-electron chi connectivity index (χ3n) is 11.4. The molecule has 2 nitrogen and oxygen atoms in total. The smallest absolute Gasteiger partial charge is 0.115 e. The van der Waals surface area contributed by atoms with Crippen LogP contribution in [0.3, 0.4) is 0 Å². The Morgan fingerprint density at radius 1 is 0.386 bits per heavy atom. The van der Waals surface area contributed by atoms with Crippen molar-refractivity contribution in [1.29, 1.82) is 0 Å². The van der Waals surface area contributed by atoms with Crippen molar-refractivity contribution in [3.8, 4) is 22.5 Å². The normalized spacial score (nSPS) is 12.0. The molecule has 234 valence electrons. The predicted molar refractivity (Wildman–Crippen MR) is 258 cm³/mol. The van der Waals surface area contributed by atoms with Gasteiger partial charge < -0.3 is 9.13 Å². The summed E-state index contributed by atoms with van der Waals surface area (Å²) in [6, 6.07) is 29.3. The van der Waals surface area contributed by atoms with Crippen LogP contribution in [0.4, 0.5) is 0 Å². The third kappa shape index (κ3) is 4.82. The number of rotatable bonds is 3. The lowest BCUT2D eigenvalue weighted by Crippen LogP contribution is -2.56. The van der Waals surface area contributed by atoms with Crippen LogP contribution in [-0.2, 0) is 0 Å². The van der Waals surface area contributed by atoms with Gasteiger partial charge in [0.15, 0.2) is 0 Å². The monoisotopic (exact) mass is 710 g/mol. The fourth-order valence-corrected chi connectivity index (χ4v) is 9.81. The Bertz CT molecular complexity index is 3420. The molecule has 0 bridgehead atoms. The summed E-state index contributed by atoms with van der Waals surface area (Å²) in [6.07, 6.45) is 0. The van der Waals surface area contributed by atoms with Crippen LogP contribution in [0.5, 0.6) is 0 Å². The Morgan fingerprint density at radius 3 is 1.65 bits per heavy atom. The van der Waals surface area contributed by atoms with Crippen LogP contribution < -0.4 is 65.6 Å². The summed E-state index contributed by atoms with van der Waals surface area (Å²) >= 11 is 1.78. The van der Waals surface area contributed by atoms with Gasteiger partial charge in [-0.15, -0.1) is 38.7 Å². The highest BCUT2D eigenvalue weighted by molar-refractivity contribution is 7.26. The second-order valence-corrected chi connectivity index (χ2v) is 15.4. The highest BCUT2D eigenvalue weighted by atomic mass is 32.1. The molecule has 0 saturated carbocycles. The van der Waals surface area contributed by atoms with Gasteiger partial charge in [-0.3, -0.25) is 0 Å². The van der Waals surface area contributed by atoms with E-state index in [9.17, 15) is 0 Å². The molecule has 0 aliphatic rings. The molecule has 0 amide bonds. The van der Waals surface area contributed by atoms with E-state index in [0.717, 1.165) is 27.5 Å². The molecule has 0 N–H and O–H groups in total. The van der Waals surface area contributed by atoms with Crippen LogP contribution in [0.2, 0.25) is 0 Å². The zero-order valence-corrected chi connectivity index (χ0v) is 31.1. The summed E-state index contributed by atoms with van der Waals surface area (Å²) in [4.78, 5) is 0. The SMILES string of the molecule is [B]c1c([B])c([B])c(-n2c3c([B])c([B])c([B])c([B])c3c3c([B])c(-c4ccc5c(c4)c4ccccc4n5-c4cccc5c4sc4ccccc45)c([B])c([B])c32)c([B])c1[B]. The van der Waals surface area contributed by atoms with Gasteiger partial charge in [-0.05, 0) is 46.8 Å². The first kappa shape index (κ1) is 36.5. The molecule has 0 aliphatic carbocycles. The summed E-state index contributed by atoms with van der Waals surface area (Å²) in [5, 5.41) is 5.21. The second-order valence-electron chi connectivity index (χ2n) is 14.3. The van der Waals surface area contributed by atoms with Crippen molar-refractivity contribution in [3.63, 3.8) is 0 Å². The van der Waals surface area contributed by atoms with E-state index in [1.807, 2.05) is 18.2 Å². The highest BCUT2D eigenvalue weighted by Crippen LogP contribution is 2.41. The van der Waals surface area contributed by atoms with Crippen molar-refractivity contribution < 1.29 is 0 Å². The van der Waals surface area contributed by atoms with E-state index in [0.29, 0.717) is 27.4 Å². The number of aromatic nitrogens is 2. The van der Waals surface area contributed by atoms with E-state index in [1.165, 1.54) is 20.2 Å². The fourth-order valence-electron chi connectivity index (χ4n) is 8.60. The number of fused-ring (bicyclic) bond motifs is 9. The van der Waals surface area contributed by atoms with Gasteiger partial charge in [0.1, 0.15) is 94.2 Å². The molecule has 0 fully saturated rings. The van der Waals surface area contributed by atoms with E-state index >= 15 is 0 Å². The van der Waals surface area contributed by atoms with Crippen LogP contribution in [-0.4, -0.2) is 103 Å². The fraction of sp³-hybridized carbons (Fsp3) is 0. The number of hydrogen-bond donors (Lipinski definition) is 0. The Balaban J connectivity index is 1.30. The molecule has 7 aromatic carbocycles. The van der Waals surface area contributed by atoms with Crippen LogP contribution in [0.15, 0.2) is 84.9 Å². The van der Waals surface area contributed by atoms with E-state index in [2.05, 4.69) is 71.3 Å². The van der Waals surface area contributed by atoms with Crippen molar-refractivity contribution in [3.05, 3.63) is 84.9 Å². The summed E-state index contributed by atoms with van der Waals surface area (Å²) in [5.41, 5.74) is 5.97. The van der Waals surface area contributed by atoms with E-state index in [-0.39, 0.29) is 76.8 Å². The first-order valence-corrected chi connectivity index (χ1v) is 18.7. The Labute approximate surface area is 349 Å². The lowest BCUT2D eigenvalue weighted by atomic mass is 9.61. The zero-order valence-electron chi connectivity index (χ0n) is 30.3. The van der Waals surface area contributed by atoms with Gasteiger partial charge in [0.05, 0.1) is 21.4 Å². The summed E-state index contributed by atoms with van der Waals surface area (Å²) in [6.45, 7) is 0. The number of nitrogens with zero attached hydrogens (tertiary/aromatic N) is 2. The number of benzene rings is 7. The molecule has 24 radical (unpaired) electrons. The van der Waals surface area contributed by atoms with Gasteiger partial charge in [-0.2, -0.15) is 0 Å². The van der Waals surface area contributed by atoms with Gasteiger partial charge >= 0.3 is 0 Å². The van der Waals surface area contributed by atoms with Crippen molar-refractivity contribution in [1.82, 2.24) is 9.13 Å². The van der Waals surface area contributed by atoms with Gasteiger partial charge in [0.2, 0.25) is 0 Å². The van der Waals surface area contributed by atoms with Crippen LogP contribution >= 0.6 is 11.3 Å². The lowest BCUT2D eigenvalue weighted by Gasteiger charge is -2.25. The molecule has 3 aromatic heterocycles. The van der Waals surface area contributed by atoms with Crippen molar-refractivity contribution in [2.75, 3.05) is 0 Å². The second kappa shape index (κ2) is 12.8. The molecule has 57 heavy (non-hydrogen) atoms. The highest BCUT2D eigenvalue weighted by Gasteiger charge is 2.26. The Morgan fingerprint density at radius 2 is 0.930 bits per heavy atom. The van der Waals surface area contributed by atoms with Gasteiger partial charge in [-0.1, -0.05) is 92.8 Å². The predicted octanol–water partition coefficient (Wildman–Crippen LogP) is -2.56. The van der Waals surface area contributed by atoms with Gasteiger partial charge in [0.25, 0.3) is 0 Å². The Kier molecular flexibility index (Phi) is 8.20. The van der Waals surface area contributed by atoms with E-state index in [4.69, 9.17) is 94.2 Å². The number of thiophene rings is 1. The molecule has 0 saturated heterocycles. The Hall–Kier alpha value is -4.86. The summed E-state index contributed by atoms with van der Waals surface area (Å²) in [5.74, 6) is 0. The van der Waals surface area contributed by atoms with E-state index < -0.39 is 0 Å². The minimum Gasteiger partial charge on any atom is -0.312 e. The maximum absolute atomic E-state index is 7.24. The average Bonchev–Trinajstić information content (AvgIpc) is 3.88. The molecule has 0 aliphatic heterocycles. The maximum Gasteiger partial charge on any atom is 0.115 e. The van der Waals surface area contributed by atoms with Crippen LogP contribution in [0.25, 0.3) is 86.3 Å². The van der Waals surface area contributed by atoms with Crippen molar-refractivity contribution in [2.45, 2.75) is 0 Å². The standard InChI is InChI=1S/C42H14B12N2S/c43-27-24(15-12-13-21-19(14-15)16-6-1-3-9-20(16)55(21)22-10-5-8-18-17-7-2-4-11-23(17)57-42(18)22)28(44)35(51)39-25(27)26-29(45)30(46)32(48)36(52)40(26)56(39)41-37(53)33(49)31(47)34(50)38(41)54/h1-14H. The first-order chi connectivity index (χ1) is 27.3. The zero-order chi connectivity index (χ0) is 39.9. The molecular weight excluding hydrogens is 694 g/mol.